The van der Waals surface area contributed by atoms with Crippen molar-refractivity contribution in [1.29, 1.82) is 0 Å². The molecule has 0 aliphatic carbocycles. The van der Waals surface area contributed by atoms with E-state index in [4.69, 9.17) is 5.73 Å². The first-order valence-electron chi connectivity index (χ1n) is 8.00. The fourth-order valence-corrected chi connectivity index (χ4v) is 3.25. The van der Waals surface area contributed by atoms with Crippen molar-refractivity contribution in [1.82, 2.24) is 0 Å². The van der Waals surface area contributed by atoms with E-state index < -0.39 is 0 Å². The number of unbranched alkanes of at least 4 members (excludes halogenated alkanes) is 3. The number of hydrogen-bond acceptors (Lipinski definition) is 1. The van der Waals surface area contributed by atoms with Crippen LogP contribution in [0, 0.1) is 0 Å². The zero-order chi connectivity index (χ0) is 14.7. The van der Waals surface area contributed by atoms with Gasteiger partial charge in [-0.3, -0.25) is 0 Å². The highest BCUT2D eigenvalue weighted by molar-refractivity contribution is 6.12. The highest BCUT2D eigenvalue weighted by Gasteiger charge is 2.10. The maximum atomic E-state index is 6.40. The number of fused-ring (bicyclic) bond motifs is 2. The highest BCUT2D eigenvalue weighted by atomic mass is 14.6. The Hall–Kier alpha value is -2.02. The van der Waals surface area contributed by atoms with Crippen LogP contribution >= 0.6 is 0 Å². The van der Waals surface area contributed by atoms with Gasteiger partial charge in [-0.1, -0.05) is 74.7 Å². The fraction of sp³-hybridized carbons (Fsp3) is 0.300. The molecule has 3 aromatic rings. The minimum Gasteiger partial charge on any atom is -0.398 e. The Bertz CT molecular complexity index is 701. The van der Waals surface area contributed by atoms with Crippen LogP contribution in [0.15, 0.2) is 48.5 Å². The van der Waals surface area contributed by atoms with E-state index in [1.807, 2.05) is 0 Å². The second-order valence-electron chi connectivity index (χ2n) is 5.79. The lowest BCUT2D eigenvalue weighted by atomic mass is 9.92. The molecule has 0 saturated heterocycles. The molecule has 0 heterocycles. The van der Waals surface area contributed by atoms with Crippen LogP contribution in [0.1, 0.15) is 38.2 Å². The average molecular weight is 277 g/mol. The number of benzene rings is 3. The summed E-state index contributed by atoms with van der Waals surface area (Å²) in [5, 5.41) is 5.04. The summed E-state index contributed by atoms with van der Waals surface area (Å²) in [4.78, 5) is 0. The van der Waals surface area contributed by atoms with Crippen molar-refractivity contribution in [3.05, 3.63) is 54.1 Å². The number of nitrogens with two attached hydrogens (primary N) is 1. The molecule has 0 amide bonds. The highest BCUT2D eigenvalue weighted by Crippen LogP contribution is 2.35. The third-order valence-corrected chi connectivity index (χ3v) is 4.37. The molecule has 3 aromatic carbocycles. The van der Waals surface area contributed by atoms with E-state index in [9.17, 15) is 0 Å². The van der Waals surface area contributed by atoms with E-state index in [1.54, 1.807) is 0 Å². The Morgan fingerprint density at radius 3 is 1.76 bits per heavy atom. The van der Waals surface area contributed by atoms with Gasteiger partial charge < -0.3 is 5.73 Å². The van der Waals surface area contributed by atoms with Gasteiger partial charge in [-0.05, 0) is 29.2 Å². The standard InChI is InChI=1S/C20H23N/c1-2-3-4-5-10-15-16-11-6-8-13-18(16)20(21)19-14-9-7-12-17(15)19/h6-9,11-14H,2-5,10,21H2,1H3. The predicted molar refractivity (Wildman–Crippen MR) is 93.7 cm³/mol. The van der Waals surface area contributed by atoms with Gasteiger partial charge in [-0.15, -0.1) is 0 Å². The molecule has 21 heavy (non-hydrogen) atoms. The molecule has 0 aromatic heterocycles. The van der Waals surface area contributed by atoms with Gasteiger partial charge in [0.05, 0.1) is 0 Å². The van der Waals surface area contributed by atoms with Crippen LogP contribution in [0.2, 0.25) is 0 Å². The Kier molecular flexibility index (Phi) is 4.10. The lowest BCUT2D eigenvalue weighted by Crippen LogP contribution is -1.96. The first-order chi connectivity index (χ1) is 10.3. The summed E-state index contributed by atoms with van der Waals surface area (Å²) < 4.78 is 0. The Balaban J connectivity index is 2.15. The molecule has 2 N–H and O–H groups in total. The summed E-state index contributed by atoms with van der Waals surface area (Å²) in [6, 6.07) is 17.1. The van der Waals surface area contributed by atoms with Gasteiger partial charge in [0, 0.05) is 16.5 Å². The van der Waals surface area contributed by atoms with Crippen LogP contribution in [0.5, 0.6) is 0 Å². The SMILES string of the molecule is CCCCCCc1c2ccccc2c(N)c2ccccc12. The molecule has 0 saturated carbocycles. The number of rotatable bonds is 5. The molecule has 0 atom stereocenters. The van der Waals surface area contributed by atoms with Gasteiger partial charge in [-0.2, -0.15) is 0 Å². The molecule has 1 heteroatoms. The normalized spacial score (nSPS) is 11.3. The Labute approximate surface area is 126 Å². The van der Waals surface area contributed by atoms with E-state index >= 15 is 0 Å². The van der Waals surface area contributed by atoms with Crippen LogP contribution in [-0.4, -0.2) is 0 Å². The summed E-state index contributed by atoms with van der Waals surface area (Å²) in [5.74, 6) is 0. The number of anilines is 1. The summed E-state index contributed by atoms with van der Waals surface area (Å²) in [7, 11) is 0. The number of nitrogen functional groups attached to an aromatic ring is 1. The van der Waals surface area contributed by atoms with E-state index in [2.05, 4.69) is 55.5 Å². The molecule has 0 fully saturated rings. The zero-order valence-corrected chi connectivity index (χ0v) is 12.7. The minimum absolute atomic E-state index is 0.915. The van der Waals surface area contributed by atoms with Gasteiger partial charge in [0.1, 0.15) is 0 Å². The van der Waals surface area contributed by atoms with Gasteiger partial charge >= 0.3 is 0 Å². The summed E-state index contributed by atoms with van der Waals surface area (Å²) in [5.41, 5.74) is 8.78. The van der Waals surface area contributed by atoms with Crippen LogP contribution in [0.3, 0.4) is 0 Å². The minimum atomic E-state index is 0.915. The van der Waals surface area contributed by atoms with Crippen LogP contribution < -0.4 is 5.73 Å². The van der Waals surface area contributed by atoms with Crippen molar-refractivity contribution in [3.63, 3.8) is 0 Å². The van der Waals surface area contributed by atoms with E-state index in [0.717, 1.165) is 12.1 Å². The second-order valence-corrected chi connectivity index (χ2v) is 5.79. The smallest absolute Gasteiger partial charge is 0.0473 e. The summed E-state index contributed by atoms with van der Waals surface area (Å²) >= 11 is 0. The lowest BCUT2D eigenvalue weighted by Gasteiger charge is -2.14. The molecule has 0 unspecified atom stereocenters. The van der Waals surface area contributed by atoms with Gasteiger partial charge in [0.15, 0.2) is 0 Å². The van der Waals surface area contributed by atoms with Gasteiger partial charge in [-0.25, -0.2) is 0 Å². The maximum Gasteiger partial charge on any atom is 0.0473 e. The molecule has 108 valence electrons. The van der Waals surface area contributed by atoms with Crippen molar-refractivity contribution in [2.75, 3.05) is 5.73 Å². The Morgan fingerprint density at radius 2 is 1.24 bits per heavy atom. The van der Waals surface area contributed by atoms with Crippen molar-refractivity contribution in [2.24, 2.45) is 0 Å². The fourth-order valence-electron chi connectivity index (χ4n) is 3.25. The summed E-state index contributed by atoms with van der Waals surface area (Å²) in [6.07, 6.45) is 6.31. The topological polar surface area (TPSA) is 26.0 Å². The van der Waals surface area contributed by atoms with E-state index in [1.165, 1.54) is 52.8 Å². The van der Waals surface area contributed by atoms with Crippen LogP contribution in [0.4, 0.5) is 5.69 Å². The first kappa shape index (κ1) is 13.9. The first-order valence-corrected chi connectivity index (χ1v) is 8.00. The predicted octanol–water partition coefficient (Wildman–Crippen LogP) is 5.70. The van der Waals surface area contributed by atoms with Crippen LogP contribution in [-0.2, 0) is 6.42 Å². The molecular formula is C20H23N. The van der Waals surface area contributed by atoms with Crippen molar-refractivity contribution in [3.8, 4) is 0 Å². The molecule has 3 rings (SSSR count). The number of aryl methyl sites for hydroxylation is 1. The molecule has 0 aliphatic heterocycles. The molecule has 0 spiro atoms. The van der Waals surface area contributed by atoms with Crippen molar-refractivity contribution < 1.29 is 0 Å². The number of hydrogen-bond donors (Lipinski definition) is 1. The average Bonchev–Trinajstić information content (AvgIpc) is 2.54. The monoisotopic (exact) mass is 277 g/mol. The zero-order valence-electron chi connectivity index (χ0n) is 12.7. The van der Waals surface area contributed by atoms with Gasteiger partial charge in [0.2, 0.25) is 0 Å². The lowest BCUT2D eigenvalue weighted by molar-refractivity contribution is 0.669. The van der Waals surface area contributed by atoms with E-state index in [-0.39, 0.29) is 0 Å². The van der Waals surface area contributed by atoms with Gasteiger partial charge in [0.25, 0.3) is 0 Å². The molecule has 0 bridgehead atoms. The third-order valence-electron chi connectivity index (χ3n) is 4.37. The molecule has 0 aliphatic rings. The molecule has 0 radical (unpaired) electrons. The van der Waals surface area contributed by atoms with Crippen molar-refractivity contribution in [2.45, 2.75) is 39.0 Å². The Morgan fingerprint density at radius 1 is 0.714 bits per heavy atom. The third kappa shape index (κ3) is 2.61. The maximum absolute atomic E-state index is 6.40. The van der Waals surface area contributed by atoms with E-state index in [0.29, 0.717) is 0 Å². The van der Waals surface area contributed by atoms with Crippen molar-refractivity contribution >= 4 is 27.2 Å². The largest absolute Gasteiger partial charge is 0.398 e. The second kappa shape index (κ2) is 6.17. The molecular weight excluding hydrogens is 254 g/mol. The molecule has 1 nitrogen and oxygen atoms in total. The van der Waals surface area contributed by atoms with Crippen LogP contribution in [0.25, 0.3) is 21.5 Å². The summed E-state index contributed by atoms with van der Waals surface area (Å²) in [6.45, 7) is 2.26. The quantitative estimate of drug-likeness (QED) is 0.361.